The molecular formula is C17H17ClN3O4S-. The molecule has 1 fully saturated rings. The van der Waals surface area contributed by atoms with E-state index in [1.54, 1.807) is 24.3 Å². The molecule has 1 aromatic carbocycles. The predicted octanol–water partition coefficient (Wildman–Crippen LogP) is 2.27. The molecule has 138 valence electrons. The number of carbonyl (C=O) groups excluding carboxylic acids is 2. The maximum atomic E-state index is 12.4. The monoisotopic (exact) mass is 394 g/mol. The number of nitrogens with zero attached hydrogens (tertiary/aromatic N) is 2. The molecule has 0 radical (unpaired) electrons. The Morgan fingerprint density at radius 3 is 2.58 bits per heavy atom. The second-order valence-corrected chi connectivity index (χ2v) is 7.55. The van der Waals surface area contributed by atoms with Crippen LogP contribution in [0.1, 0.15) is 30.7 Å². The van der Waals surface area contributed by atoms with Gasteiger partial charge in [0.05, 0.1) is 0 Å². The number of benzene rings is 1. The number of hydrogen-bond donors (Lipinski definition) is 1. The fraction of sp³-hybridized carbons (Fsp3) is 0.412. The number of ether oxygens (including phenoxy) is 1. The molecule has 1 aliphatic carbocycles. The molecule has 1 saturated carbocycles. The number of carboxylic acids is 1. The molecule has 1 aromatic heterocycles. The van der Waals surface area contributed by atoms with E-state index < -0.39 is 17.8 Å². The summed E-state index contributed by atoms with van der Waals surface area (Å²) in [5.74, 6) is -2.20. The summed E-state index contributed by atoms with van der Waals surface area (Å²) in [4.78, 5) is 23.6. The van der Waals surface area contributed by atoms with Crippen LogP contribution in [-0.2, 0) is 16.2 Å². The smallest absolute Gasteiger partial charge is 0.229 e. The normalized spacial score (nSPS) is 19.7. The lowest BCUT2D eigenvalue weighted by molar-refractivity contribution is -0.313. The van der Waals surface area contributed by atoms with Crippen molar-refractivity contribution in [2.45, 2.75) is 32.3 Å². The fourth-order valence-electron chi connectivity index (χ4n) is 2.96. The number of carboxylic acid groups (broad SMARTS) is 1. The Kier molecular flexibility index (Phi) is 6.05. The van der Waals surface area contributed by atoms with E-state index in [-0.39, 0.29) is 12.5 Å². The molecule has 1 amide bonds. The van der Waals surface area contributed by atoms with Crippen molar-refractivity contribution in [3.05, 3.63) is 34.3 Å². The van der Waals surface area contributed by atoms with Crippen molar-refractivity contribution in [1.29, 1.82) is 0 Å². The zero-order chi connectivity index (χ0) is 18.5. The number of amides is 1. The van der Waals surface area contributed by atoms with Crippen molar-refractivity contribution < 1.29 is 19.4 Å². The van der Waals surface area contributed by atoms with Gasteiger partial charge in [0.25, 0.3) is 0 Å². The van der Waals surface area contributed by atoms with Crippen LogP contribution in [0.25, 0.3) is 0 Å². The molecule has 7 nitrogen and oxygen atoms in total. The zero-order valence-corrected chi connectivity index (χ0v) is 15.4. The van der Waals surface area contributed by atoms with Crippen molar-refractivity contribution in [3.63, 3.8) is 0 Å². The van der Waals surface area contributed by atoms with Crippen LogP contribution in [0.2, 0.25) is 5.02 Å². The van der Waals surface area contributed by atoms with Gasteiger partial charge >= 0.3 is 0 Å². The number of halogens is 1. The van der Waals surface area contributed by atoms with Crippen LogP contribution in [-0.4, -0.2) is 22.1 Å². The van der Waals surface area contributed by atoms with Gasteiger partial charge in [0.15, 0.2) is 5.01 Å². The van der Waals surface area contributed by atoms with Gasteiger partial charge in [0.1, 0.15) is 12.4 Å². The Labute approximate surface area is 159 Å². The van der Waals surface area contributed by atoms with Gasteiger partial charge < -0.3 is 20.0 Å². The third-order valence-corrected chi connectivity index (χ3v) is 5.34. The van der Waals surface area contributed by atoms with Gasteiger partial charge in [0.2, 0.25) is 11.0 Å². The van der Waals surface area contributed by atoms with E-state index in [0.717, 1.165) is 12.8 Å². The Morgan fingerprint density at radius 1 is 1.19 bits per heavy atom. The first-order valence-corrected chi connectivity index (χ1v) is 9.45. The van der Waals surface area contributed by atoms with Crippen molar-refractivity contribution in [2.24, 2.45) is 11.8 Å². The van der Waals surface area contributed by atoms with Crippen molar-refractivity contribution in [2.75, 3.05) is 5.32 Å². The van der Waals surface area contributed by atoms with Crippen LogP contribution in [0.5, 0.6) is 5.75 Å². The van der Waals surface area contributed by atoms with E-state index in [0.29, 0.717) is 33.8 Å². The van der Waals surface area contributed by atoms with Crippen LogP contribution in [0.3, 0.4) is 0 Å². The highest BCUT2D eigenvalue weighted by Gasteiger charge is 2.32. The highest BCUT2D eigenvalue weighted by atomic mass is 35.5. The summed E-state index contributed by atoms with van der Waals surface area (Å²) in [6.45, 7) is 0.209. The number of anilines is 1. The number of carbonyl (C=O) groups is 2. The molecule has 0 bridgehead atoms. The van der Waals surface area contributed by atoms with E-state index in [1.165, 1.54) is 11.3 Å². The number of rotatable bonds is 6. The third kappa shape index (κ3) is 4.70. The minimum absolute atomic E-state index is 0.209. The molecule has 3 rings (SSSR count). The lowest BCUT2D eigenvalue weighted by Crippen LogP contribution is -2.42. The summed E-state index contributed by atoms with van der Waals surface area (Å²) in [6.07, 6.45) is 2.64. The first-order valence-electron chi connectivity index (χ1n) is 8.25. The minimum Gasteiger partial charge on any atom is -0.550 e. The number of aromatic nitrogens is 2. The Morgan fingerprint density at radius 2 is 1.88 bits per heavy atom. The van der Waals surface area contributed by atoms with Crippen molar-refractivity contribution in [3.8, 4) is 5.75 Å². The minimum atomic E-state index is -1.17. The van der Waals surface area contributed by atoms with Crippen molar-refractivity contribution in [1.82, 2.24) is 10.2 Å². The fourth-order valence-corrected chi connectivity index (χ4v) is 3.75. The SMILES string of the molecule is O=C([O-])[C@@H]1CCCC[C@H]1C(=O)Nc1nnc(COc2ccc(Cl)cc2)s1. The lowest BCUT2D eigenvalue weighted by Gasteiger charge is -2.30. The largest absolute Gasteiger partial charge is 0.550 e. The van der Waals surface area contributed by atoms with Gasteiger partial charge in [-0.25, -0.2) is 0 Å². The van der Waals surface area contributed by atoms with Crippen LogP contribution >= 0.6 is 22.9 Å². The van der Waals surface area contributed by atoms with E-state index >= 15 is 0 Å². The standard InChI is InChI=1S/C17H18ClN3O4S/c18-10-5-7-11(8-6-10)25-9-14-20-21-17(26-14)19-15(22)12-3-1-2-4-13(12)16(23)24/h5-8,12-13H,1-4,9H2,(H,23,24)(H,19,21,22)/p-1/t12-,13-/m1/s1. The van der Waals surface area contributed by atoms with Gasteiger partial charge in [-0.15, -0.1) is 10.2 Å². The maximum absolute atomic E-state index is 12.4. The van der Waals surface area contributed by atoms with E-state index in [2.05, 4.69) is 15.5 Å². The molecule has 2 aromatic rings. The summed E-state index contributed by atoms with van der Waals surface area (Å²) in [6, 6.07) is 6.94. The van der Waals surface area contributed by atoms with E-state index in [9.17, 15) is 14.7 Å². The first kappa shape index (κ1) is 18.6. The zero-order valence-electron chi connectivity index (χ0n) is 13.8. The molecule has 26 heavy (non-hydrogen) atoms. The summed E-state index contributed by atoms with van der Waals surface area (Å²) in [7, 11) is 0. The van der Waals surface area contributed by atoms with Gasteiger partial charge in [-0.1, -0.05) is 35.8 Å². The van der Waals surface area contributed by atoms with Crippen molar-refractivity contribution >= 4 is 39.9 Å². The quantitative estimate of drug-likeness (QED) is 0.805. The Balaban J connectivity index is 1.56. The first-order chi connectivity index (χ1) is 12.5. The molecular weight excluding hydrogens is 378 g/mol. The molecule has 1 N–H and O–H groups in total. The molecule has 0 aliphatic heterocycles. The molecule has 9 heteroatoms. The maximum Gasteiger partial charge on any atom is 0.229 e. The van der Waals surface area contributed by atoms with E-state index in [4.69, 9.17) is 16.3 Å². The average molecular weight is 395 g/mol. The molecule has 0 unspecified atom stereocenters. The summed E-state index contributed by atoms with van der Waals surface area (Å²) >= 11 is 7.01. The Hall–Kier alpha value is -2.19. The van der Waals surface area contributed by atoms with Crippen LogP contribution in [0, 0.1) is 11.8 Å². The topological polar surface area (TPSA) is 104 Å². The van der Waals surface area contributed by atoms with Crippen LogP contribution in [0.4, 0.5) is 5.13 Å². The summed E-state index contributed by atoms with van der Waals surface area (Å²) in [5, 5.41) is 23.3. The second kappa shape index (κ2) is 8.46. The molecule has 1 aliphatic rings. The molecule has 0 saturated heterocycles. The second-order valence-electron chi connectivity index (χ2n) is 6.05. The van der Waals surface area contributed by atoms with Gasteiger partial charge in [-0.3, -0.25) is 4.79 Å². The average Bonchev–Trinajstić information content (AvgIpc) is 3.08. The summed E-state index contributed by atoms with van der Waals surface area (Å²) in [5.41, 5.74) is 0. The van der Waals surface area contributed by atoms with Gasteiger partial charge in [0, 0.05) is 22.8 Å². The number of aliphatic carboxylic acids is 1. The summed E-state index contributed by atoms with van der Waals surface area (Å²) < 4.78 is 5.58. The number of hydrogen-bond acceptors (Lipinski definition) is 7. The van der Waals surface area contributed by atoms with Crippen LogP contribution in [0.15, 0.2) is 24.3 Å². The third-order valence-electron chi connectivity index (χ3n) is 4.28. The lowest BCUT2D eigenvalue weighted by atomic mass is 9.79. The van der Waals surface area contributed by atoms with Crippen LogP contribution < -0.4 is 15.2 Å². The van der Waals surface area contributed by atoms with Gasteiger partial charge in [-0.05, 0) is 37.1 Å². The molecule has 1 heterocycles. The molecule has 0 spiro atoms. The van der Waals surface area contributed by atoms with Gasteiger partial charge in [-0.2, -0.15) is 0 Å². The highest BCUT2D eigenvalue weighted by Crippen LogP contribution is 2.31. The number of nitrogens with one attached hydrogen (secondary N) is 1. The highest BCUT2D eigenvalue weighted by molar-refractivity contribution is 7.15. The van der Waals surface area contributed by atoms with E-state index in [1.807, 2.05) is 0 Å². The predicted molar refractivity (Wildman–Crippen MR) is 94.8 cm³/mol. The molecule has 2 atom stereocenters. The Bertz CT molecular complexity index is 781.